The second-order valence-electron chi connectivity index (χ2n) is 5.01. The summed E-state index contributed by atoms with van der Waals surface area (Å²) >= 11 is 0. The fourth-order valence-electron chi connectivity index (χ4n) is 2.44. The van der Waals surface area contributed by atoms with Gasteiger partial charge in [-0.25, -0.2) is 8.42 Å². The van der Waals surface area contributed by atoms with E-state index in [9.17, 15) is 13.2 Å². The zero-order valence-electron chi connectivity index (χ0n) is 12.6. The molecule has 0 aliphatic carbocycles. The van der Waals surface area contributed by atoms with E-state index in [0.717, 1.165) is 0 Å². The fourth-order valence-corrected chi connectivity index (χ4v) is 3.53. The van der Waals surface area contributed by atoms with Crippen LogP contribution >= 0.6 is 0 Å². The lowest BCUT2D eigenvalue weighted by atomic mass is 10.1. The molecule has 1 fully saturated rings. The molecule has 0 radical (unpaired) electrons. The first-order valence-corrected chi connectivity index (χ1v) is 8.73. The van der Waals surface area contributed by atoms with Gasteiger partial charge in [-0.2, -0.15) is 4.31 Å². The van der Waals surface area contributed by atoms with Gasteiger partial charge in [0.25, 0.3) is 5.91 Å². The second kappa shape index (κ2) is 6.15. The molecule has 7 nitrogen and oxygen atoms in total. The molecule has 2 heterocycles. The summed E-state index contributed by atoms with van der Waals surface area (Å²) in [6, 6.07) is 0. The molecule has 21 heavy (non-hydrogen) atoms. The Labute approximate surface area is 124 Å². The van der Waals surface area contributed by atoms with E-state index in [1.807, 2.05) is 6.92 Å². The van der Waals surface area contributed by atoms with Crippen LogP contribution in [0.3, 0.4) is 0 Å². The molecule has 2 rings (SSSR count). The maximum Gasteiger partial charge on any atom is 0.259 e. The van der Waals surface area contributed by atoms with Crippen LogP contribution in [0.2, 0.25) is 0 Å². The van der Waals surface area contributed by atoms with Gasteiger partial charge in [-0.05, 0) is 20.3 Å². The average molecular weight is 315 g/mol. The quantitative estimate of drug-likeness (QED) is 0.814. The first kappa shape index (κ1) is 16.0. The highest BCUT2D eigenvalue weighted by atomic mass is 32.2. The van der Waals surface area contributed by atoms with Crippen molar-refractivity contribution in [2.75, 3.05) is 31.9 Å². The van der Waals surface area contributed by atoms with Crippen molar-refractivity contribution in [1.29, 1.82) is 0 Å². The molecule has 0 aromatic carbocycles. The van der Waals surface area contributed by atoms with Crippen molar-refractivity contribution in [1.82, 2.24) is 14.4 Å². The van der Waals surface area contributed by atoms with Crippen molar-refractivity contribution in [2.45, 2.75) is 27.2 Å². The maximum absolute atomic E-state index is 12.5. The number of hydrogen-bond acceptors (Lipinski definition) is 5. The van der Waals surface area contributed by atoms with Gasteiger partial charge in [0.1, 0.15) is 11.3 Å². The van der Waals surface area contributed by atoms with E-state index < -0.39 is 10.0 Å². The van der Waals surface area contributed by atoms with Gasteiger partial charge >= 0.3 is 0 Å². The molecule has 1 aromatic heterocycles. The minimum Gasteiger partial charge on any atom is -0.361 e. The number of hydrogen-bond donors (Lipinski definition) is 0. The molecule has 8 heteroatoms. The summed E-state index contributed by atoms with van der Waals surface area (Å²) in [6.07, 6.45) is 0.628. The first-order valence-electron chi connectivity index (χ1n) is 7.13. The number of rotatable bonds is 4. The zero-order valence-corrected chi connectivity index (χ0v) is 13.4. The smallest absolute Gasteiger partial charge is 0.259 e. The van der Waals surface area contributed by atoms with E-state index in [1.165, 1.54) is 4.31 Å². The molecule has 0 spiro atoms. The highest BCUT2D eigenvalue weighted by molar-refractivity contribution is 7.89. The van der Waals surface area contributed by atoms with E-state index in [1.54, 1.807) is 18.7 Å². The molecule has 1 amide bonds. The fraction of sp³-hybridized carbons (Fsp3) is 0.692. The normalized spacial score (nSPS) is 17.2. The van der Waals surface area contributed by atoms with Gasteiger partial charge in [-0.15, -0.1) is 0 Å². The number of carbonyl (C=O) groups is 1. The van der Waals surface area contributed by atoms with Crippen LogP contribution in [0.5, 0.6) is 0 Å². The Morgan fingerprint density at radius 2 is 1.86 bits per heavy atom. The lowest BCUT2D eigenvalue weighted by Gasteiger charge is -2.33. The standard InChI is InChI=1S/C13H21N3O4S/c1-4-11-12(10(3)20-14-11)13(17)15-6-8-16(9-7-15)21(18,19)5-2/h4-9H2,1-3H3. The molecule has 1 saturated heterocycles. The molecular weight excluding hydrogens is 294 g/mol. The Morgan fingerprint density at radius 3 is 2.38 bits per heavy atom. The van der Waals surface area contributed by atoms with Crippen molar-refractivity contribution >= 4 is 15.9 Å². The summed E-state index contributed by atoms with van der Waals surface area (Å²) in [7, 11) is -3.18. The monoisotopic (exact) mass is 315 g/mol. The van der Waals surface area contributed by atoms with Gasteiger partial charge in [0.05, 0.1) is 11.4 Å². The molecule has 0 unspecified atom stereocenters. The molecule has 118 valence electrons. The lowest BCUT2D eigenvalue weighted by Crippen LogP contribution is -2.51. The largest absolute Gasteiger partial charge is 0.361 e. The summed E-state index contributed by atoms with van der Waals surface area (Å²) in [5.74, 6) is 0.478. The Morgan fingerprint density at radius 1 is 1.24 bits per heavy atom. The van der Waals surface area contributed by atoms with Gasteiger partial charge in [-0.1, -0.05) is 12.1 Å². The number of amides is 1. The van der Waals surface area contributed by atoms with E-state index in [0.29, 0.717) is 49.6 Å². The molecule has 1 aromatic rings. The first-order chi connectivity index (χ1) is 9.90. The average Bonchev–Trinajstić information content (AvgIpc) is 2.87. The van der Waals surface area contributed by atoms with E-state index in [2.05, 4.69) is 5.16 Å². The summed E-state index contributed by atoms with van der Waals surface area (Å²) in [5.41, 5.74) is 1.17. The number of piperazine rings is 1. The highest BCUT2D eigenvalue weighted by Gasteiger charge is 2.30. The Balaban J connectivity index is 2.09. The van der Waals surface area contributed by atoms with Crippen molar-refractivity contribution in [3.05, 3.63) is 17.0 Å². The summed E-state index contributed by atoms with van der Waals surface area (Å²) < 4.78 is 30.2. The molecule has 0 saturated carbocycles. The molecule has 1 aliphatic heterocycles. The predicted octanol–water partition coefficient (Wildman–Crippen LogP) is 0.653. The number of sulfonamides is 1. The van der Waals surface area contributed by atoms with Crippen molar-refractivity contribution < 1.29 is 17.7 Å². The number of aryl methyl sites for hydroxylation is 2. The van der Waals surface area contributed by atoms with Gasteiger partial charge in [0.2, 0.25) is 10.0 Å². The van der Waals surface area contributed by atoms with Crippen LogP contribution in [0.1, 0.15) is 35.7 Å². The van der Waals surface area contributed by atoms with E-state index in [4.69, 9.17) is 4.52 Å². The van der Waals surface area contributed by atoms with E-state index >= 15 is 0 Å². The number of carbonyl (C=O) groups excluding carboxylic acids is 1. The SMILES string of the molecule is CCc1noc(C)c1C(=O)N1CCN(S(=O)(=O)CC)CC1. The Hall–Kier alpha value is -1.41. The Kier molecular flexibility index (Phi) is 4.67. The summed E-state index contributed by atoms with van der Waals surface area (Å²) in [5, 5.41) is 3.89. The van der Waals surface area contributed by atoms with Crippen molar-refractivity contribution in [2.24, 2.45) is 0 Å². The maximum atomic E-state index is 12.5. The molecule has 1 aliphatic rings. The minimum atomic E-state index is -3.18. The molecule has 0 atom stereocenters. The van der Waals surface area contributed by atoms with Crippen molar-refractivity contribution in [3.8, 4) is 0 Å². The number of aromatic nitrogens is 1. The zero-order chi connectivity index (χ0) is 15.6. The third-order valence-electron chi connectivity index (χ3n) is 3.77. The summed E-state index contributed by atoms with van der Waals surface area (Å²) in [6.45, 7) is 6.73. The van der Waals surface area contributed by atoms with Gasteiger partial charge < -0.3 is 9.42 Å². The van der Waals surface area contributed by atoms with Crippen LogP contribution in [-0.4, -0.2) is 60.6 Å². The lowest BCUT2D eigenvalue weighted by molar-refractivity contribution is 0.0695. The highest BCUT2D eigenvalue weighted by Crippen LogP contribution is 2.18. The molecular formula is C13H21N3O4S. The van der Waals surface area contributed by atoms with Crippen LogP contribution in [-0.2, 0) is 16.4 Å². The van der Waals surface area contributed by atoms with Crippen LogP contribution in [0.4, 0.5) is 0 Å². The van der Waals surface area contributed by atoms with Crippen LogP contribution in [0.15, 0.2) is 4.52 Å². The summed E-state index contributed by atoms with van der Waals surface area (Å²) in [4.78, 5) is 14.2. The van der Waals surface area contributed by atoms with E-state index in [-0.39, 0.29) is 11.7 Å². The Bertz CT molecular complexity index is 615. The predicted molar refractivity (Wildman–Crippen MR) is 77.6 cm³/mol. The van der Waals surface area contributed by atoms with Crippen LogP contribution in [0, 0.1) is 6.92 Å². The second-order valence-corrected chi connectivity index (χ2v) is 7.26. The van der Waals surface area contributed by atoms with Gasteiger partial charge in [-0.3, -0.25) is 4.79 Å². The molecule has 0 bridgehead atoms. The van der Waals surface area contributed by atoms with Crippen LogP contribution < -0.4 is 0 Å². The van der Waals surface area contributed by atoms with Gasteiger partial charge in [0, 0.05) is 26.2 Å². The van der Waals surface area contributed by atoms with Crippen molar-refractivity contribution in [3.63, 3.8) is 0 Å². The topological polar surface area (TPSA) is 83.7 Å². The number of nitrogens with zero attached hydrogens (tertiary/aromatic N) is 3. The van der Waals surface area contributed by atoms with Gasteiger partial charge in [0.15, 0.2) is 0 Å². The minimum absolute atomic E-state index is 0.0890. The van der Waals surface area contributed by atoms with Crippen LogP contribution in [0.25, 0.3) is 0 Å². The molecule has 0 N–H and O–H groups in total. The third-order valence-corrected chi connectivity index (χ3v) is 5.65. The third kappa shape index (κ3) is 3.11.